The lowest BCUT2D eigenvalue weighted by Gasteiger charge is -2.15. The number of allylic oxidation sites excluding steroid dienone is 8. The molecular weight excluding hydrogens is 376 g/mol. The molecule has 2 heteroatoms. The summed E-state index contributed by atoms with van der Waals surface area (Å²) in [5.74, 6) is 0. The van der Waals surface area contributed by atoms with Gasteiger partial charge in [-0.15, -0.1) is 0 Å². The minimum atomic E-state index is 0.00562. The lowest BCUT2D eigenvalue weighted by molar-refractivity contribution is 0.946. The highest BCUT2D eigenvalue weighted by atomic mass is 32.2. The van der Waals surface area contributed by atoms with E-state index < -0.39 is 0 Å². The van der Waals surface area contributed by atoms with Crippen molar-refractivity contribution in [2.24, 2.45) is 0 Å². The fourth-order valence-electron chi connectivity index (χ4n) is 3.47. The number of aryl methyl sites for hydroxylation is 1. The van der Waals surface area contributed by atoms with Crippen LogP contribution in [0.3, 0.4) is 0 Å². The van der Waals surface area contributed by atoms with E-state index in [2.05, 4.69) is 92.8 Å². The van der Waals surface area contributed by atoms with E-state index in [9.17, 15) is 0 Å². The Morgan fingerprint density at radius 2 is 1.46 bits per heavy atom. The van der Waals surface area contributed by atoms with E-state index in [4.69, 9.17) is 0 Å². The van der Waals surface area contributed by atoms with Gasteiger partial charge >= 0.3 is 0 Å². The summed E-state index contributed by atoms with van der Waals surface area (Å²) < 4.78 is 0. The third kappa shape index (κ3) is 4.74. The van der Waals surface area contributed by atoms with Gasteiger partial charge in [0.15, 0.2) is 9.79 Å². The first-order chi connectivity index (χ1) is 13.7. The molecule has 142 valence electrons. The molecule has 0 aliphatic heterocycles. The average molecular weight is 404 g/mol. The highest BCUT2D eigenvalue weighted by Gasteiger charge is 2.31. The van der Waals surface area contributed by atoms with Crippen LogP contribution in [0.5, 0.6) is 0 Å². The summed E-state index contributed by atoms with van der Waals surface area (Å²) in [4.78, 5) is 7.19. The van der Waals surface area contributed by atoms with E-state index in [1.54, 1.807) is 4.91 Å². The lowest BCUT2D eigenvalue weighted by atomic mass is 10.1. The third-order valence-corrected chi connectivity index (χ3v) is 8.58. The summed E-state index contributed by atoms with van der Waals surface area (Å²) in [5.41, 5.74) is 2.81. The fraction of sp³-hybridized carbons (Fsp3) is 0.231. The molecule has 0 heterocycles. The van der Waals surface area contributed by atoms with E-state index in [1.165, 1.54) is 37.1 Å². The molecule has 0 fully saturated rings. The number of thioether (sulfide) groups is 1. The molecule has 0 spiro atoms. The molecule has 0 saturated heterocycles. The molecule has 1 atom stereocenters. The van der Waals surface area contributed by atoms with Crippen molar-refractivity contribution in [3.05, 3.63) is 99.9 Å². The van der Waals surface area contributed by atoms with Gasteiger partial charge in [0.05, 0.1) is 10.9 Å². The Kier molecular flexibility index (Phi) is 6.29. The summed E-state index contributed by atoms with van der Waals surface area (Å²) in [5, 5.41) is 0. The summed E-state index contributed by atoms with van der Waals surface area (Å²) in [6.45, 7) is 4.40. The van der Waals surface area contributed by atoms with E-state index in [0.29, 0.717) is 0 Å². The van der Waals surface area contributed by atoms with Crippen LogP contribution in [0.15, 0.2) is 109 Å². The topological polar surface area (TPSA) is 0 Å². The summed E-state index contributed by atoms with van der Waals surface area (Å²) >= 11 is 1.91. The first-order valence-corrected chi connectivity index (χ1v) is 12.0. The first-order valence-electron chi connectivity index (χ1n) is 10.00. The van der Waals surface area contributed by atoms with E-state index in [-0.39, 0.29) is 10.9 Å². The Balaban J connectivity index is 1.63. The summed E-state index contributed by atoms with van der Waals surface area (Å²) in [7, 11) is 0.00562. The quantitative estimate of drug-likeness (QED) is 0.456. The second-order valence-corrected chi connectivity index (χ2v) is 10.7. The maximum absolute atomic E-state index is 2.36. The first kappa shape index (κ1) is 19.4. The monoisotopic (exact) mass is 403 g/mol. The summed E-state index contributed by atoms with van der Waals surface area (Å²) in [6, 6.07) is 18.4. The van der Waals surface area contributed by atoms with Crippen LogP contribution in [0.2, 0.25) is 0 Å². The van der Waals surface area contributed by atoms with Gasteiger partial charge in [-0.25, -0.2) is 0 Å². The predicted octanol–water partition coefficient (Wildman–Crippen LogP) is 7.98. The van der Waals surface area contributed by atoms with E-state index in [0.717, 1.165) is 19.3 Å². The number of benzene rings is 2. The van der Waals surface area contributed by atoms with Crippen LogP contribution in [-0.4, -0.2) is 0 Å². The van der Waals surface area contributed by atoms with Gasteiger partial charge in [0, 0.05) is 11.3 Å². The largest absolute Gasteiger partial charge is 0.166 e. The van der Waals surface area contributed by atoms with Gasteiger partial charge in [-0.1, -0.05) is 59.3 Å². The van der Waals surface area contributed by atoms with Gasteiger partial charge in [-0.3, -0.25) is 0 Å². The van der Waals surface area contributed by atoms with Crippen molar-refractivity contribution in [3.8, 4) is 0 Å². The molecule has 0 amide bonds. The van der Waals surface area contributed by atoms with Crippen molar-refractivity contribution in [1.82, 2.24) is 0 Å². The van der Waals surface area contributed by atoms with Crippen LogP contribution < -0.4 is 0 Å². The second-order valence-electron chi connectivity index (χ2n) is 7.44. The average Bonchev–Trinajstić information content (AvgIpc) is 2.73. The van der Waals surface area contributed by atoms with E-state index >= 15 is 0 Å². The predicted molar refractivity (Wildman–Crippen MR) is 125 cm³/mol. The Bertz CT molecular complexity index is 941. The van der Waals surface area contributed by atoms with Crippen molar-refractivity contribution >= 4 is 22.7 Å². The van der Waals surface area contributed by atoms with Crippen LogP contribution in [0.4, 0.5) is 0 Å². The minimum absolute atomic E-state index is 0.00562. The normalized spacial score (nSPS) is 17.6. The van der Waals surface area contributed by atoms with E-state index in [1.807, 2.05) is 11.8 Å². The SMILES string of the molecule is CC1=CC=C([S+](c2ccc(C)cc2)c2ccc(SC3=CC=CCC3)cc2)CC1. The molecule has 2 aromatic rings. The standard InChI is InChI=1S/C26H27S2/c1-20-8-14-24(15-9-20)28(25-16-10-21(2)11-17-25)26-18-12-23(13-19-26)27-22-6-4-3-5-7-22/h3-4,6,8-10,12-16,18-19H,5,7,11,17H2,1-2H3/q+1. The van der Waals surface area contributed by atoms with Gasteiger partial charge in [0.25, 0.3) is 0 Å². The van der Waals surface area contributed by atoms with Crippen LogP contribution in [0.25, 0.3) is 0 Å². The molecule has 28 heavy (non-hydrogen) atoms. The van der Waals surface area contributed by atoms with Crippen LogP contribution in [-0.2, 0) is 10.9 Å². The van der Waals surface area contributed by atoms with Crippen molar-refractivity contribution < 1.29 is 0 Å². The highest BCUT2D eigenvalue weighted by molar-refractivity contribution is 8.03. The third-order valence-electron chi connectivity index (χ3n) is 5.12. The molecule has 0 bridgehead atoms. The maximum atomic E-state index is 2.36. The molecular formula is C26H27S2+. The van der Waals surface area contributed by atoms with Crippen LogP contribution in [0, 0.1) is 6.92 Å². The molecule has 0 nitrogen and oxygen atoms in total. The van der Waals surface area contributed by atoms with Gasteiger partial charge in [-0.05, 0) is 80.5 Å². The number of rotatable bonds is 5. The van der Waals surface area contributed by atoms with Crippen molar-refractivity contribution in [2.75, 3.05) is 0 Å². The number of hydrogen-bond donors (Lipinski definition) is 0. The fourth-order valence-corrected chi connectivity index (χ4v) is 6.61. The Labute approximate surface area is 176 Å². The molecule has 2 aromatic carbocycles. The minimum Gasteiger partial charge on any atom is -0.0945 e. The van der Waals surface area contributed by atoms with Crippen molar-refractivity contribution in [3.63, 3.8) is 0 Å². The number of hydrogen-bond acceptors (Lipinski definition) is 1. The molecule has 2 aliphatic rings. The zero-order valence-electron chi connectivity index (χ0n) is 16.7. The van der Waals surface area contributed by atoms with Gasteiger partial charge in [-0.2, -0.15) is 0 Å². The zero-order chi connectivity index (χ0) is 19.3. The van der Waals surface area contributed by atoms with Gasteiger partial charge in [0.1, 0.15) is 4.91 Å². The summed E-state index contributed by atoms with van der Waals surface area (Å²) in [6.07, 6.45) is 16.0. The van der Waals surface area contributed by atoms with Gasteiger partial charge in [0.2, 0.25) is 0 Å². The maximum Gasteiger partial charge on any atom is 0.166 e. The Hall–Kier alpha value is -1.90. The van der Waals surface area contributed by atoms with Crippen LogP contribution >= 0.6 is 11.8 Å². The molecule has 0 saturated carbocycles. The molecule has 0 N–H and O–H groups in total. The molecule has 2 aliphatic carbocycles. The highest BCUT2D eigenvalue weighted by Crippen LogP contribution is 2.37. The van der Waals surface area contributed by atoms with Crippen LogP contribution in [0.1, 0.15) is 38.2 Å². The smallest absolute Gasteiger partial charge is 0.0945 e. The Morgan fingerprint density at radius 3 is 2.07 bits per heavy atom. The van der Waals surface area contributed by atoms with Crippen molar-refractivity contribution in [2.45, 2.75) is 54.2 Å². The lowest BCUT2D eigenvalue weighted by Crippen LogP contribution is -2.09. The molecule has 0 radical (unpaired) electrons. The zero-order valence-corrected chi connectivity index (χ0v) is 18.3. The molecule has 4 rings (SSSR count). The molecule has 0 aromatic heterocycles. The molecule has 1 unspecified atom stereocenters. The Morgan fingerprint density at radius 1 is 0.750 bits per heavy atom. The second kappa shape index (κ2) is 9.07. The van der Waals surface area contributed by atoms with Crippen molar-refractivity contribution in [1.29, 1.82) is 0 Å². The van der Waals surface area contributed by atoms with Gasteiger partial charge < -0.3 is 0 Å².